The lowest BCUT2D eigenvalue weighted by molar-refractivity contribution is -0.137. The van der Waals surface area contributed by atoms with E-state index in [-0.39, 0.29) is 22.5 Å². The van der Waals surface area contributed by atoms with Gasteiger partial charge in [0.2, 0.25) is 0 Å². The molecule has 11 heteroatoms. The van der Waals surface area contributed by atoms with Crippen LogP contribution in [-0.2, 0) is 17.5 Å². The number of alkyl halides is 3. The molecule has 2 aliphatic heterocycles. The number of halogens is 3. The first-order chi connectivity index (χ1) is 22.8. The number of likely N-dealkylation sites (tertiary alicyclic amines) is 1. The molecule has 6 nitrogen and oxygen atoms in total. The monoisotopic (exact) mass is 693 g/mol. The van der Waals surface area contributed by atoms with Crippen LogP contribution < -0.4 is 0 Å². The predicted molar refractivity (Wildman–Crippen MR) is 184 cm³/mol. The largest absolute Gasteiger partial charge is 0.416 e. The van der Waals surface area contributed by atoms with E-state index >= 15 is 0 Å². The molecule has 0 radical (unpaired) electrons. The van der Waals surface area contributed by atoms with Crippen LogP contribution in [0.2, 0.25) is 0 Å². The Kier molecular flexibility index (Phi) is 9.75. The second-order valence-electron chi connectivity index (χ2n) is 13.2. The van der Waals surface area contributed by atoms with Crippen molar-refractivity contribution in [3.63, 3.8) is 0 Å². The molecular weight excluding hydrogens is 656 g/mol. The average Bonchev–Trinajstić information content (AvgIpc) is 3.66. The van der Waals surface area contributed by atoms with Crippen LogP contribution in [0.1, 0.15) is 76.5 Å². The highest BCUT2D eigenvalue weighted by Gasteiger charge is 2.50. The normalized spacial score (nSPS) is 19.9. The van der Waals surface area contributed by atoms with Crippen molar-refractivity contribution in [2.75, 3.05) is 26.2 Å². The lowest BCUT2D eigenvalue weighted by Crippen LogP contribution is -2.47. The zero-order chi connectivity index (χ0) is 34.1. The zero-order valence-electron chi connectivity index (χ0n) is 27.1. The van der Waals surface area contributed by atoms with Crippen LogP contribution in [0.3, 0.4) is 0 Å². The highest BCUT2D eigenvalue weighted by molar-refractivity contribution is 8.02. The van der Waals surface area contributed by atoms with Crippen LogP contribution in [0.4, 0.5) is 13.2 Å². The van der Waals surface area contributed by atoms with E-state index < -0.39 is 16.6 Å². The molecule has 3 aromatic carbocycles. The minimum atomic E-state index is -4.42. The summed E-state index contributed by atoms with van der Waals surface area (Å²) >= 11 is 3.23. The summed E-state index contributed by atoms with van der Waals surface area (Å²) in [6.45, 7) is 8.83. The molecule has 2 saturated heterocycles. The van der Waals surface area contributed by atoms with Gasteiger partial charge in [0, 0.05) is 41.2 Å². The Bertz CT molecular complexity index is 1750. The van der Waals surface area contributed by atoms with Crippen LogP contribution in [0.25, 0.3) is 11.1 Å². The molecule has 0 N–H and O–H groups in total. The van der Waals surface area contributed by atoms with Crippen molar-refractivity contribution in [3.8, 4) is 11.1 Å². The molecule has 1 aromatic heterocycles. The summed E-state index contributed by atoms with van der Waals surface area (Å²) < 4.78 is 45.3. The van der Waals surface area contributed by atoms with Gasteiger partial charge in [-0.25, -0.2) is 4.98 Å². The summed E-state index contributed by atoms with van der Waals surface area (Å²) in [6, 6.07) is 21.9. The maximum atomic E-state index is 13.9. The molecule has 2 aliphatic rings. The molecule has 1 atom stereocenters. The first kappa shape index (κ1) is 34.2. The van der Waals surface area contributed by atoms with Crippen molar-refractivity contribution in [2.45, 2.75) is 61.9 Å². The Hall–Kier alpha value is -3.67. The van der Waals surface area contributed by atoms with Crippen LogP contribution >= 0.6 is 23.1 Å². The fourth-order valence-electron chi connectivity index (χ4n) is 6.53. The number of hydrogen-bond acceptors (Lipinski definition) is 6. The predicted octanol–water partition coefficient (Wildman–Crippen LogP) is 8.75. The first-order valence-corrected chi connectivity index (χ1v) is 17.7. The van der Waals surface area contributed by atoms with Crippen molar-refractivity contribution in [1.29, 1.82) is 0 Å². The van der Waals surface area contributed by atoms with Crippen LogP contribution in [0.5, 0.6) is 0 Å². The molecule has 0 aliphatic carbocycles. The Morgan fingerprint density at radius 1 is 0.917 bits per heavy atom. The van der Waals surface area contributed by atoms with E-state index in [1.54, 1.807) is 40.9 Å². The second-order valence-corrected chi connectivity index (χ2v) is 16.2. The van der Waals surface area contributed by atoms with Crippen LogP contribution in [0, 0.1) is 0 Å². The van der Waals surface area contributed by atoms with Crippen molar-refractivity contribution >= 4 is 34.9 Å². The maximum Gasteiger partial charge on any atom is 0.416 e. The van der Waals surface area contributed by atoms with Crippen molar-refractivity contribution in [2.24, 2.45) is 0 Å². The number of aromatic nitrogens is 1. The van der Waals surface area contributed by atoms with Crippen LogP contribution in [-0.4, -0.2) is 62.5 Å². The molecule has 6 rings (SSSR count). The van der Waals surface area contributed by atoms with E-state index in [2.05, 4.69) is 20.8 Å². The fraction of sp³-hybridized carbons (Fsp3) is 0.378. The summed E-state index contributed by atoms with van der Waals surface area (Å²) in [5.41, 5.74) is 2.41. The van der Waals surface area contributed by atoms with Crippen molar-refractivity contribution in [3.05, 3.63) is 112 Å². The van der Waals surface area contributed by atoms with E-state index in [9.17, 15) is 22.8 Å². The standard InChI is InChI=1S/C37H38F3N3O3S2/c1-35(2)23-43(36(3,48-35)24-46-21-25-9-5-4-6-10-25)34(45)31-22-47-32(41-31)27-17-19-42(20-18-27)33(44)30-12-8-7-11-29(30)26-13-15-28(16-14-26)37(38,39)40/h4-16,22,27H,17-21,23-24H2,1-3H3. The lowest BCUT2D eigenvalue weighted by atomic mass is 9.94. The number of thiazole rings is 1. The number of carbonyl (C=O) groups is 2. The minimum absolute atomic E-state index is 0.103. The van der Waals surface area contributed by atoms with Crippen molar-refractivity contribution in [1.82, 2.24) is 14.8 Å². The van der Waals surface area contributed by atoms with E-state index in [0.29, 0.717) is 68.1 Å². The lowest BCUT2D eigenvalue weighted by Gasteiger charge is -2.33. The van der Waals surface area contributed by atoms with Gasteiger partial charge in [0.05, 0.1) is 23.8 Å². The van der Waals surface area contributed by atoms with Gasteiger partial charge in [0.1, 0.15) is 10.6 Å². The fourth-order valence-corrected chi connectivity index (χ4v) is 9.28. The number of carbonyl (C=O) groups excluding carboxylic acids is 2. The number of ether oxygens (including phenoxy) is 1. The topological polar surface area (TPSA) is 62.7 Å². The maximum absolute atomic E-state index is 13.9. The Labute approximate surface area is 287 Å². The third-order valence-electron chi connectivity index (χ3n) is 8.89. The smallest absolute Gasteiger partial charge is 0.373 e. The number of hydrogen-bond donors (Lipinski definition) is 0. The summed E-state index contributed by atoms with van der Waals surface area (Å²) in [7, 11) is 0. The number of thioether (sulfide) groups is 1. The Morgan fingerprint density at radius 3 is 2.27 bits per heavy atom. The highest BCUT2D eigenvalue weighted by Crippen LogP contribution is 2.48. The van der Waals surface area contributed by atoms with E-state index in [1.165, 1.54) is 23.5 Å². The number of piperidine rings is 1. The molecule has 48 heavy (non-hydrogen) atoms. The van der Waals surface area contributed by atoms with Gasteiger partial charge >= 0.3 is 6.18 Å². The van der Waals surface area contributed by atoms with Crippen LogP contribution in [0.15, 0.2) is 84.2 Å². The molecule has 252 valence electrons. The molecule has 4 aromatic rings. The van der Waals surface area contributed by atoms with E-state index in [0.717, 1.165) is 22.7 Å². The first-order valence-electron chi connectivity index (χ1n) is 16.0. The number of rotatable bonds is 8. The average molecular weight is 694 g/mol. The molecule has 2 amide bonds. The highest BCUT2D eigenvalue weighted by atomic mass is 32.2. The summed E-state index contributed by atoms with van der Waals surface area (Å²) in [6.07, 6.45) is -3.02. The zero-order valence-corrected chi connectivity index (χ0v) is 28.8. The van der Waals surface area contributed by atoms with Crippen molar-refractivity contribution < 1.29 is 27.5 Å². The number of benzene rings is 3. The molecule has 3 heterocycles. The van der Waals surface area contributed by atoms with Gasteiger partial charge in [-0.2, -0.15) is 13.2 Å². The Morgan fingerprint density at radius 2 is 1.58 bits per heavy atom. The van der Waals surface area contributed by atoms with Gasteiger partial charge in [0.25, 0.3) is 11.8 Å². The number of nitrogens with zero attached hydrogens (tertiary/aromatic N) is 3. The second kappa shape index (κ2) is 13.7. The van der Waals surface area contributed by atoms with Gasteiger partial charge in [-0.15, -0.1) is 23.1 Å². The van der Waals surface area contributed by atoms with Gasteiger partial charge in [-0.3, -0.25) is 9.59 Å². The molecule has 0 bridgehead atoms. The third kappa shape index (κ3) is 7.48. The summed E-state index contributed by atoms with van der Waals surface area (Å²) in [4.78, 5) is 35.5. The van der Waals surface area contributed by atoms with E-state index in [4.69, 9.17) is 9.72 Å². The molecule has 0 saturated carbocycles. The van der Waals surface area contributed by atoms with Gasteiger partial charge < -0.3 is 14.5 Å². The summed E-state index contributed by atoms with van der Waals surface area (Å²) in [5.74, 6) is -0.133. The van der Waals surface area contributed by atoms with E-state index in [1.807, 2.05) is 40.6 Å². The Balaban J connectivity index is 1.09. The third-order valence-corrected chi connectivity index (χ3v) is 11.4. The van der Waals surface area contributed by atoms with Gasteiger partial charge in [-0.1, -0.05) is 60.7 Å². The SMILES string of the molecule is CC1(C)CN(C(=O)c2csc(C3CCN(C(=O)c4ccccc4-c4ccc(C(F)(F)F)cc4)CC3)n2)C(C)(COCc2ccccc2)S1. The quantitative estimate of drug-likeness (QED) is 0.185. The molecule has 2 fully saturated rings. The molecular formula is C37H38F3N3O3S2. The number of amides is 2. The minimum Gasteiger partial charge on any atom is -0.373 e. The van der Waals surface area contributed by atoms with Gasteiger partial charge in [0.15, 0.2) is 0 Å². The molecule has 0 spiro atoms. The van der Waals surface area contributed by atoms with Gasteiger partial charge in [-0.05, 0) is 68.5 Å². The summed E-state index contributed by atoms with van der Waals surface area (Å²) in [5, 5.41) is 2.74. The molecule has 1 unspecified atom stereocenters.